The lowest BCUT2D eigenvalue weighted by molar-refractivity contribution is -0.141. The number of nitrogens with one attached hydrogen (secondary N) is 2. The summed E-state index contributed by atoms with van der Waals surface area (Å²) in [6.07, 6.45) is 0.742. The molecule has 8 heteroatoms. The van der Waals surface area contributed by atoms with Gasteiger partial charge >= 0.3 is 0 Å². The van der Waals surface area contributed by atoms with Crippen LogP contribution >= 0.6 is 11.6 Å². The van der Waals surface area contributed by atoms with Crippen LogP contribution in [0.25, 0.3) is 0 Å². The first-order chi connectivity index (χ1) is 15.4. The molecule has 1 heterocycles. The number of likely N-dealkylation sites (tertiary alicyclic amines) is 1. The third-order valence-corrected chi connectivity index (χ3v) is 5.77. The van der Waals surface area contributed by atoms with Gasteiger partial charge in [0.1, 0.15) is 12.1 Å². The number of rotatable bonds is 9. The van der Waals surface area contributed by atoms with Crippen LogP contribution < -0.4 is 10.6 Å². The topological polar surface area (TPSA) is 95.6 Å². The molecule has 0 spiro atoms. The minimum atomic E-state index is -1.03. The van der Waals surface area contributed by atoms with Crippen molar-refractivity contribution in [2.75, 3.05) is 6.54 Å². The molecule has 0 aromatic heterocycles. The number of hydrogen-bond acceptors (Lipinski definition) is 4. The van der Waals surface area contributed by atoms with Gasteiger partial charge in [-0.2, -0.15) is 0 Å². The average Bonchev–Trinajstić information content (AvgIpc) is 3.15. The SMILES string of the molecule is CCNC(=O)C(=O)C(Cc1ccccc1)NC(=O)[C@H]1CCC(=O)N1Cc1ccccc1Cl. The van der Waals surface area contributed by atoms with Gasteiger partial charge in [0.05, 0.1) is 0 Å². The summed E-state index contributed by atoms with van der Waals surface area (Å²) in [5.41, 5.74) is 1.55. The molecule has 32 heavy (non-hydrogen) atoms. The standard InChI is InChI=1S/C24H26ClN3O4/c1-2-26-24(32)22(30)19(14-16-8-4-3-5-9-16)27-23(31)20-12-13-21(29)28(20)15-17-10-6-7-11-18(17)25/h3-11,19-20H,2,12-15H2,1H3,(H,26,32)(H,27,31)/t19?,20-/m1/s1. The van der Waals surface area contributed by atoms with Crippen molar-refractivity contribution in [1.29, 1.82) is 0 Å². The Balaban J connectivity index is 1.77. The molecule has 1 unspecified atom stereocenters. The molecule has 168 valence electrons. The minimum Gasteiger partial charge on any atom is -0.350 e. The second kappa shape index (κ2) is 10.9. The molecule has 0 radical (unpaired) electrons. The fourth-order valence-corrected chi connectivity index (χ4v) is 3.94. The fourth-order valence-electron chi connectivity index (χ4n) is 3.75. The van der Waals surface area contributed by atoms with E-state index in [0.717, 1.165) is 11.1 Å². The number of halogens is 1. The Bertz CT molecular complexity index is 996. The predicted octanol–water partition coefficient (Wildman–Crippen LogP) is 2.26. The molecule has 2 aromatic rings. The molecular formula is C24H26ClN3O4. The lowest BCUT2D eigenvalue weighted by Gasteiger charge is -2.26. The van der Waals surface area contributed by atoms with Crippen molar-refractivity contribution in [3.8, 4) is 0 Å². The molecule has 7 nitrogen and oxygen atoms in total. The van der Waals surface area contributed by atoms with Crippen LogP contribution in [0.4, 0.5) is 0 Å². The smallest absolute Gasteiger partial charge is 0.289 e. The van der Waals surface area contributed by atoms with E-state index in [0.29, 0.717) is 18.0 Å². The predicted molar refractivity (Wildman–Crippen MR) is 121 cm³/mol. The molecule has 0 aliphatic carbocycles. The highest BCUT2D eigenvalue weighted by Gasteiger charge is 2.38. The Labute approximate surface area is 192 Å². The second-order valence-corrected chi connectivity index (χ2v) is 8.05. The first-order valence-corrected chi connectivity index (χ1v) is 11.0. The van der Waals surface area contributed by atoms with E-state index >= 15 is 0 Å². The van der Waals surface area contributed by atoms with E-state index in [1.807, 2.05) is 36.4 Å². The highest BCUT2D eigenvalue weighted by Crippen LogP contribution is 2.25. The lowest BCUT2D eigenvalue weighted by Crippen LogP contribution is -2.53. The highest BCUT2D eigenvalue weighted by molar-refractivity contribution is 6.38. The molecule has 0 bridgehead atoms. The van der Waals surface area contributed by atoms with Crippen LogP contribution in [0, 0.1) is 0 Å². The Morgan fingerprint density at radius 3 is 2.47 bits per heavy atom. The van der Waals surface area contributed by atoms with Crippen molar-refractivity contribution in [3.05, 3.63) is 70.7 Å². The van der Waals surface area contributed by atoms with Crippen molar-refractivity contribution < 1.29 is 19.2 Å². The summed E-state index contributed by atoms with van der Waals surface area (Å²) >= 11 is 6.23. The monoisotopic (exact) mass is 455 g/mol. The van der Waals surface area contributed by atoms with Gasteiger partial charge < -0.3 is 15.5 Å². The molecule has 1 saturated heterocycles. The average molecular weight is 456 g/mol. The zero-order valence-electron chi connectivity index (χ0n) is 17.8. The van der Waals surface area contributed by atoms with Crippen molar-refractivity contribution in [2.45, 2.75) is 44.8 Å². The van der Waals surface area contributed by atoms with Crippen LogP contribution in [0.2, 0.25) is 5.02 Å². The van der Waals surface area contributed by atoms with Crippen LogP contribution in [0.5, 0.6) is 0 Å². The van der Waals surface area contributed by atoms with Crippen molar-refractivity contribution >= 4 is 35.1 Å². The molecule has 1 aliphatic heterocycles. The quantitative estimate of drug-likeness (QED) is 0.567. The zero-order valence-corrected chi connectivity index (χ0v) is 18.6. The maximum Gasteiger partial charge on any atom is 0.289 e. The summed E-state index contributed by atoms with van der Waals surface area (Å²) < 4.78 is 0. The summed E-state index contributed by atoms with van der Waals surface area (Å²) in [5.74, 6) is -2.07. The third kappa shape index (κ3) is 5.73. The highest BCUT2D eigenvalue weighted by atomic mass is 35.5. The number of hydrogen-bond donors (Lipinski definition) is 2. The van der Waals surface area contributed by atoms with Gasteiger partial charge in [-0.15, -0.1) is 0 Å². The van der Waals surface area contributed by atoms with Gasteiger partial charge in [0.2, 0.25) is 17.6 Å². The lowest BCUT2D eigenvalue weighted by atomic mass is 10.0. The van der Waals surface area contributed by atoms with E-state index in [4.69, 9.17) is 11.6 Å². The second-order valence-electron chi connectivity index (χ2n) is 7.64. The van der Waals surface area contributed by atoms with E-state index in [9.17, 15) is 19.2 Å². The van der Waals surface area contributed by atoms with Crippen LogP contribution in [0.1, 0.15) is 30.9 Å². The number of benzene rings is 2. The molecule has 1 fully saturated rings. The van der Waals surface area contributed by atoms with Crippen molar-refractivity contribution in [2.24, 2.45) is 0 Å². The van der Waals surface area contributed by atoms with E-state index in [-0.39, 0.29) is 25.3 Å². The zero-order chi connectivity index (χ0) is 23.1. The number of likely N-dealkylation sites (N-methyl/N-ethyl adjacent to an activating group) is 1. The van der Waals surface area contributed by atoms with Crippen LogP contribution in [-0.4, -0.2) is 47.0 Å². The number of amides is 3. The van der Waals surface area contributed by atoms with Gasteiger partial charge in [-0.25, -0.2) is 0 Å². The number of nitrogens with zero attached hydrogens (tertiary/aromatic N) is 1. The number of ketones is 1. The summed E-state index contributed by atoms with van der Waals surface area (Å²) in [7, 11) is 0. The number of carbonyl (C=O) groups is 4. The minimum absolute atomic E-state index is 0.153. The van der Waals surface area contributed by atoms with Crippen LogP contribution in [0.3, 0.4) is 0 Å². The summed E-state index contributed by atoms with van der Waals surface area (Å²) in [5, 5.41) is 5.73. The molecule has 2 aromatic carbocycles. The fraction of sp³-hybridized carbons (Fsp3) is 0.333. The Morgan fingerprint density at radius 1 is 1.09 bits per heavy atom. The van der Waals surface area contributed by atoms with Gasteiger partial charge in [0.15, 0.2) is 0 Å². The van der Waals surface area contributed by atoms with E-state index < -0.39 is 29.7 Å². The van der Waals surface area contributed by atoms with E-state index in [2.05, 4.69) is 10.6 Å². The number of carbonyl (C=O) groups excluding carboxylic acids is 4. The Hall–Kier alpha value is -3.19. The van der Waals surface area contributed by atoms with Gasteiger partial charge in [-0.3, -0.25) is 19.2 Å². The molecule has 2 atom stereocenters. The molecule has 3 rings (SSSR count). The Morgan fingerprint density at radius 2 is 1.78 bits per heavy atom. The van der Waals surface area contributed by atoms with Crippen molar-refractivity contribution in [3.63, 3.8) is 0 Å². The van der Waals surface area contributed by atoms with Gasteiger partial charge in [0, 0.05) is 31.0 Å². The summed E-state index contributed by atoms with van der Waals surface area (Å²) in [6, 6.07) is 14.5. The first-order valence-electron chi connectivity index (χ1n) is 10.6. The third-order valence-electron chi connectivity index (χ3n) is 5.41. The summed E-state index contributed by atoms with van der Waals surface area (Å²) in [4.78, 5) is 52.0. The molecular weight excluding hydrogens is 430 g/mol. The van der Waals surface area contributed by atoms with Crippen LogP contribution in [-0.2, 0) is 32.1 Å². The van der Waals surface area contributed by atoms with Crippen LogP contribution in [0.15, 0.2) is 54.6 Å². The molecule has 3 amide bonds. The Kier molecular flexibility index (Phi) is 8.00. The van der Waals surface area contributed by atoms with E-state index in [1.54, 1.807) is 25.1 Å². The summed E-state index contributed by atoms with van der Waals surface area (Å²) in [6.45, 7) is 2.22. The molecule has 1 aliphatic rings. The van der Waals surface area contributed by atoms with Gasteiger partial charge in [-0.05, 0) is 30.5 Å². The first kappa shape index (κ1) is 23.5. The maximum absolute atomic E-state index is 13.1. The largest absolute Gasteiger partial charge is 0.350 e. The maximum atomic E-state index is 13.1. The molecule has 0 saturated carbocycles. The van der Waals surface area contributed by atoms with E-state index in [1.165, 1.54) is 4.90 Å². The number of Topliss-reactive ketones (excluding diaryl/α,β-unsaturated/α-hetero) is 1. The van der Waals surface area contributed by atoms with Gasteiger partial charge in [-0.1, -0.05) is 60.1 Å². The van der Waals surface area contributed by atoms with Crippen molar-refractivity contribution in [1.82, 2.24) is 15.5 Å². The normalized spacial score (nSPS) is 16.5. The molecule has 2 N–H and O–H groups in total. The van der Waals surface area contributed by atoms with Gasteiger partial charge in [0.25, 0.3) is 5.91 Å².